The molecule has 0 atom stereocenters. The zero-order chi connectivity index (χ0) is 12.3. The Kier molecular flexibility index (Phi) is 3.94. The van der Waals surface area contributed by atoms with Crippen LogP contribution >= 0.6 is 23.2 Å². The van der Waals surface area contributed by atoms with Gasteiger partial charge in [-0.25, -0.2) is 0 Å². The van der Waals surface area contributed by atoms with Gasteiger partial charge < -0.3 is 14.9 Å². The van der Waals surface area contributed by atoms with Crippen LogP contribution in [0.5, 0.6) is 5.75 Å². The largest absolute Gasteiger partial charge is 0.486 e. The molecule has 90 valence electrons. The van der Waals surface area contributed by atoms with Crippen LogP contribution in [0.3, 0.4) is 0 Å². The first kappa shape index (κ1) is 12.3. The summed E-state index contributed by atoms with van der Waals surface area (Å²) in [5.41, 5.74) is 5.44. The average Bonchev–Trinajstić information content (AvgIpc) is 2.73. The SMILES string of the molecule is NCc1ccc(COc2cc(Cl)cc(Cl)c2)o1. The molecular weight excluding hydrogens is 261 g/mol. The molecule has 0 fully saturated rings. The molecule has 0 aliphatic carbocycles. The Labute approximate surface area is 109 Å². The number of furan rings is 1. The van der Waals surface area contributed by atoms with E-state index < -0.39 is 0 Å². The molecule has 17 heavy (non-hydrogen) atoms. The van der Waals surface area contributed by atoms with Crippen LogP contribution in [0.2, 0.25) is 10.0 Å². The van der Waals surface area contributed by atoms with Crippen LogP contribution in [0, 0.1) is 0 Å². The van der Waals surface area contributed by atoms with Crippen LogP contribution in [-0.2, 0) is 13.2 Å². The summed E-state index contributed by atoms with van der Waals surface area (Å²) in [5.74, 6) is 2.04. The summed E-state index contributed by atoms with van der Waals surface area (Å²) >= 11 is 11.7. The monoisotopic (exact) mass is 271 g/mol. The lowest BCUT2D eigenvalue weighted by Gasteiger charge is -2.05. The van der Waals surface area contributed by atoms with Crippen molar-refractivity contribution in [3.8, 4) is 5.75 Å². The quantitative estimate of drug-likeness (QED) is 0.924. The molecule has 0 saturated heterocycles. The minimum atomic E-state index is 0.316. The maximum absolute atomic E-state index is 5.85. The van der Waals surface area contributed by atoms with Gasteiger partial charge in [-0.15, -0.1) is 0 Å². The highest BCUT2D eigenvalue weighted by molar-refractivity contribution is 6.34. The molecule has 1 aromatic heterocycles. The zero-order valence-electron chi connectivity index (χ0n) is 8.95. The highest BCUT2D eigenvalue weighted by Gasteiger charge is 2.03. The number of ether oxygens (including phenoxy) is 1. The van der Waals surface area contributed by atoms with Gasteiger partial charge in [0.15, 0.2) is 0 Å². The maximum Gasteiger partial charge on any atom is 0.146 e. The van der Waals surface area contributed by atoms with Crippen molar-refractivity contribution in [2.24, 2.45) is 5.73 Å². The minimum absolute atomic E-state index is 0.316. The first-order valence-corrected chi connectivity index (χ1v) is 5.79. The van der Waals surface area contributed by atoms with E-state index in [2.05, 4.69) is 0 Å². The molecule has 0 aliphatic heterocycles. The third kappa shape index (κ3) is 3.40. The van der Waals surface area contributed by atoms with Crippen LogP contribution in [0.4, 0.5) is 0 Å². The third-order valence-electron chi connectivity index (χ3n) is 2.14. The van der Waals surface area contributed by atoms with E-state index in [-0.39, 0.29) is 0 Å². The van der Waals surface area contributed by atoms with Gasteiger partial charge in [-0.1, -0.05) is 23.2 Å². The van der Waals surface area contributed by atoms with Crippen molar-refractivity contribution in [3.63, 3.8) is 0 Å². The Bertz CT molecular complexity index is 491. The molecule has 0 unspecified atom stereocenters. The normalized spacial score (nSPS) is 10.5. The van der Waals surface area contributed by atoms with Crippen molar-refractivity contribution >= 4 is 23.2 Å². The smallest absolute Gasteiger partial charge is 0.146 e. The van der Waals surface area contributed by atoms with Gasteiger partial charge in [-0.2, -0.15) is 0 Å². The summed E-state index contributed by atoms with van der Waals surface area (Å²) in [6.45, 7) is 0.694. The van der Waals surface area contributed by atoms with Gasteiger partial charge in [-0.05, 0) is 30.3 Å². The summed E-state index contributed by atoms with van der Waals surface area (Å²) in [5, 5.41) is 1.07. The predicted octanol–water partition coefficient (Wildman–Crippen LogP) is 3.62. The molecule has 0 amide bonds. The van der Waals surface area contributed by atoms with Gasteiger partial charge in [0.05, 0.1) is 6.54 Å². The molecule has 5 heteroatoms. The van der Waals surface area contributed by atoms with Crippen LogP contribution in [0.15, 0.2) is 34.7 Å². The molecule has 0 radical (unpaired) electrons. The third-order valence-corrected chi connectivity index (χ3v) is 2.57. The van der Waals surface area contributed by atoms with Gasteiger partial charge in [0, 0.05) is 10.0 Å². The van der Waals surface area contributed by atoms with Gasteiger partial charge in [0.25, 0.3) is 0 Å². The Hall–Kier alpha value is -1.16. The van der Waals surface area contributed by atoms with E-state index in [9.17, 15) is 0 Å². The summed E-state index contributed by atoms with van der Waals surface area (Å²) < 4.78 is 10.9. The number of rotatable bonds is 4. The highest BCUT2D eigenvalue weighted by atomic mass is 35.5. The van der Waals surface area contributed by atoms with E-state index in [1.807, 2.05) is 12.1 Å². The Morgan fingerprint density at radius 1 is 1.06 bits per heavy atom. The molecule has 2 rings (SSSR count). The lowest BCUT2D eigenvalue weighted by atomic mass is 10.3. The second-order valence-corrected chi connectivity index (χ2v) is 4.34. The Morgan fingerprint density at radius 2 is 1.71 bits per heavy atom. The van der Waals surface area contributed by atoms with E-state index in [0.29, 0.717) is 34.7 Å². The fourth-order valence-corrected chi connectivity index (χ4v) is 1.88. The molecule has 0 aliphatic rings. The van der Waals surface area contributed by atoms with E-state index in [1.165, 1.54) is 0 Å². The molecule has 1 aromatic carbocycles. The van der Waals surface area contributed by atoms with E-state index in [0.717, 1.165) is 5.76 Å². The number of hydrogen-bond donors (Lipinski definition) is 1. The molecule has 0 spiro atoms. The second-order valence-electron chi connectivity index (χ2n) is 3.47. The van der Waals surface area contributed by atoms with Crippen molar-refractivity contribution in [1.29, 1.82) is 0 Å². The highest BCUT2D eigenvalue weighted by Crippen LogP contribution is 2.25. The topological polar surface area (TPSA) is 48.4 Å². The molecule has 2 N–H and O–H groups in total. The molecule has 0 saturated carbocycles. The number of benzene rings is 1. The zero-order valence-corrected chi connectivity index (χ0v) is 10.5. The van der Waals surface area contributed by atoms with Crippen LogP contribution in [0.1, 0.15) is 11.5 Å². The van der Waals surface area contributed by atoms with Crippen molar-refractivity contribution in [2.75, 3.05) is 0 Å². The van der Waals surface area contributed by atoms with Crippen LogP contribution in [-0.4, -0.2) is 0 Å². The van der Waals surface area contributed by atoms with Gasteiger partial charge in [0.1, 0.15) is 23.9 Å². The van der Waals surface area contributed by atoms with Crippen LogP contribution < -0.4 is 10.5 Å². The molecular formula is C12H11Cl2NO2. The standard InChI is InChI=1S/C12H11Cl2NO2/c13-8-3-9(14)5-12(4-8)16-7-11-2-1-10(6-15)17-11/h1-5H,6-7,15H2. The number of hydrogen-bond acceptors (Lipinski definition) is 3. The molecule has 3 nitrogen and oxygen atoms in total. The van der Waals surface area contributed by atoms with Crippen molar-refractivity contribution in [1.82, 2.24) is 0 Å². The summed E-state index contributed by atoms with van der Waals surface area (Å²) in [6.07, 6.45) is 0. The van der Waals surface area contributed by atoms with Crippen molar-refractivity contribution < 1.29 is 9.15 Å². The maximum atomic E-state index is 5.85. The number of halogens is 2. The van der Waals surface area contributed by atoms with Crippen LogP contribution in [0.25, 0.3) is 0 Å². The van der Waals surface area contributed by atoms with Crippen molar-refractivity contribution in [2.45, 2.75) is 13.2 Å². The van der Waals surface area contributed by atoms with Gasteiger partial charge in [-0.3, -0.25) is 0 Å². The van der Waals surface area contributed by atoms with Crippen molar-refractivity contribution in [3.05, 3.63) is 51.9 Å². The summed E-state index contributed by atoms with van der Waals surface area (Å²) in [7, 11) is 0. The summed E-state index contributed by atoms with van der Waals surface area (Å²) in [6, 6.07) is 8.69. The average molecular weight is 272 g/mol. The summed E-state index contributed by atoms with van der Waals surface area (Å²) in [4.78, 5) is 0. The lowest BCUT2D eigenvalue weighted by Crippen LogP contribution is -1.95. The Morgan fingerprint density at radius 3 is 2.29 bits per heavy atom. The molecule has 0 bridgehead atoms. The van der Waals surface area contributed by atoms with E-state index in [4.69, 9.17) is 38.1 Å². The second kappa shape index (κ2) is 5.45. The Balaban J connectivity index is 2.01. The predicted molar refractivity (Wildman–Crippen MR) is 67.4 cm³/mol. The number of nitrogens with two attached hydrogens (primary N) is 1. The van der Waals surface area contributed by atoms with Gasteiger partial charge in [0.2, 0.25) is 0 Å². The first-order valence-electron chi connectivity index (χ1n) is 5.04. The fourth-order valence-electron chi connectivity index (χ4n) is 1.38. The minimum Gasteiger partial charge on any atom is -0.486 e. The van der Waals surface area contributed by atoms with Gasteiger partial charge >= 0.3 is 0 Å². The van der Waals surface area contributed by atoms with E-state index >= 15 is 0 Å². The fraction of sp³-hybridized carbons (Fsp3) is 0.167. The molecule has 1 heterocycles. The first-order chi connectivity index (χ1) is 8.17. The molecule has 2 aromatic rings. The van der Waals surface area contributed by atoms with E-state index in [1.54, 1.807) is 18.2 Å². The lowest BCUT2D eigenvalue weighted by molar-refractivity contribution is 0.266.